The van der Waals surface area contributed by atoms with E-state index in [4.69, 9.17) is 9.47 Å². The molecule has 7 nitrogen and oxygen atoms in total. The molecule has 176 valence electrons. The minimum atomic E-state index is -0.731. The molecule has 1 aliphatic carbocycles. The predicted octanol–water partition coefficient (Wildman–Crippen LogP) is 4.00. The zero-order chi connectivity index (χ0) is 23.7. The van der Waals surface area contributed by atoms with E-state index in [1.54, 1.807) is 11.0 Å². The van der Waals surface area contributed by atoms with Crippen molar-refractivity contribution in [3.05, 3.63) is 65.2 Å². The Morgan fingerprint density at radius 3 is 2.47 bits per heavy atom. The smallest absolute Gasteiger partial charge is 0.414 e. The molecule has 4 aliphatic rings. The van der Waals surface area contributed by atoms with Gasteiger partial charge in [-0.1, -0.05) is 44.2 Å². The summed E-state index contributed by atoms with van der Waals surface area (Å²) in [4.78, 5) is 42.0. The summed E-state index contributed by atoms with van der Waals surface area (Å²) in [6.07, 6.45) is 1.89. The first-order valence-corrected chi connectivity index (χ1v) is 12.0. The predicted molar refractivity (Wildman–Crippen MR) is 125 cm³/mol. The van der Waals surface area contributed by atoms with Crippen LogP contribution in [-0.4, -0.2) is 48.6 Å². The summed E-state index contributed by atoms with van der Waals surface area (Å²) in [7, 11) is 0. The van der Waals surface area contributed by atoms with E-state index in [2.05, 4.69) is 13.8 Å². The maximum absolute atomic E-state index is 13.7. The van der Waals surface area contributed by atoms with E-state index in [-0.39, 0.29) is 29.9 Å². The van der Waals surface area contributed by atoms with Gasteiger partial charge >= 0.3 is 12.1 Å². The highest BCUT2D eigenvalue weighted by Crippen LogP contribution is 2.52. The Kier molecular flexibility index (Phi) is 4.57. The van der Waals surface area contributed by atoms with Gasteiger partial charge in [-0.25, -0.2) is 9.59 Å². The average molecular weight is 461 g/mol. The van der Waals surface area contributed by atoms with Gasteiger partial charge in [0.1, 0.15) is 6.61 Å². The van der Waals surface area contributed by atoms with Gasteiger partial charge in [-0.3, -0.25) is 9.69 Å². The second kappa shape index (κ2) is 7.32. The number of cyclic esters (lactones) is 1. The van der Waals surface area contributed by atoms with Gasteiger partial charge in [-0.05, 0) is 42.5 Å². The van der Waals surface area contributed by atoms with Crippen LogP contribution in [0, 0.1) is 5.92 Å². The number of anilines is 1. The maximum atomic E-state index is 13.7. The highest BCUT2D eigenvalue weighted by molar-refractivity contribution is 5.96. The van der Waals surface area contributed by atoms with Gasteiger partial charge < -0.3 is 14.4 Å². The maximum Gasteiger partial charge on any atom is 0.414 e. The second-order valence-electron chi connectivity index (χ2n) is 10.3. The largest absolute Gasteiger partial charge is 0.449 e. The van der Waals surface area contributed by atoms with Crippen molar-refractivity contribution in [1.29, 1.82) is 0 Å². The number of nitrogens with zero attached hydrogens (tertiary/aromatic N) is 2. The van der Waals surface area contributed by atoms with Crippen LogP contribution in [0.1, 0.15) is 54.6 Å². The van der Waals surface area contributed by atoms with Crippen LogP contribution < -0.4 is 4.90 Å². The lowest BCUT2D eigenvalue weighted by molar-refractivity contribution is -0.134. The Morgan fingerprint density at radius 1 is 1.03 bits per heavy atom. The zero-order valence-corrected chi connectivity index (χ0v) is 19.5. The van der Waals surface area contributed by atoms with E-state index in [9.17, 15) is 14.4 Å². The summed E-state index contributed by atoms with van der Waals surface area (Å²) < 4.78 is 11.1. The van der Waals surface area contributed by atoms with Crippen LogP contribution >= 0.6 is 0 Å². The molecule has 3 fully saturated rings. The van der Waals surface area contributed by atoms with Gasteiger partial charge in [-0.15, -0.1) is 0 Å². The van der Waals surface area contributed by atoms with Gasteiger partial charge in [0.2, 0.25) is 5.91 Å². The van der Waals surface area contributed by atoms with Crippen molar-refractivity contribution in [1.82, 2.24) is 4.90 Å². The van der Waals surface area contributed by atoms with E-state index in [1.807, 2.05) is 47.4 Å². The lowest BCUT2D eigenvalue weighted by atomic mass is 9.91. The first kappa shape index (κ1) is 21.2. The molecule has 0 radical (unpaired) electrons. The van der Waals surface area contributed by atoms with Crippen molar-refractivity contribution >= 4 is 23.7 Å². The van der Waals surface area contributed by atoms with Gasteiger partial charge in [0, 0.05) is 24.2 Å². The second-order valence-corrected chi connectivity index (χ2v) is 10.3. The Bertz CT molecular complexity index is 1190. The first-order valence-electron chi connectivity index (χ1n) is 12.0. The summed E-state index contributed by atoms with van der Waals surface area (Å²) in [5.41, 5.74) is 2.00. The molecule has 3 heterocycles. The number of benzene rings is 2. The summed E-state index contributed by atoms with van der Waals surface area (Å²) in [6, 6.07) is 15.3. The van der Waals surface area contributed by atoms with E-state index in [0.29, 0.717) is 31.7 Å². The highest BCUT2D eigenvalue weighted by atomic mass is 16.6. The molecular formula is C27H28N2O5. The number of amides is 2. The Morgan fingerprint density at radius 2 is 1.76 bits per heavy atom. The molecule has 0 unspecified atom stereocenters. The van der Waals surface area contributed by atoms with E-state index < -0.39 is 11.0 Å². The molecule has 2 amide bonds. The number of fused-ring (bicyclic) bond motifs is 2. The zero-order valence-electron chi connectivity index (χ0n) is 19.5. The average Bonchev–Trinajstić information content (AvgIpc) is 3.27. The number of ether oxygens (including phenoxy) is 2. The topological polar surface area (TPSA) is 76.2 Å². The molecule has 2 saturated heterocycles. The Balaban J connectivity index is 1.22. The van der Waals surface area contributed by atoms with E-state index in [0.717, 1.165) is 29.7 Å². The lowest BCUT2D eigenvalue weighted by Gasteiger charge is -2.27. The van der Waals surface area contributed by atoms with Crippen LogP contribution in [0.15, 0.2) is 48.5 Å². The number of carbonyl (C=O) groups excluding carboxylic acids is 3. The summed E-state index contributed by atoms with van der Waals surface area (Å²) in [6.45, 7) is 5.51. The molecule has 6 rings (SSSR count). The van der Waals surface area contributed by atoms with Crippen molar-refractivity contribution < 1.29 is 23.9 Å². The number of hydrogen-bond donors (Lipinski definition) is 0. The Labute approximate surface area is 198 Å². The number of likely N-dealkylation sites (tertiary alicyclic amines) is 1. The molecule has 0 bridgehead atoms. The fourth-order valence-corrected chi connectivity index (χ4v) is 5.82. The quantitative estimate of drug-likeness (QED) is 0.645. The van der Waals surface area contributed by atoms with Crippen LogP contribution in [0.25, 0.3) is 0 Å². The SMILES string of the molecule is CC(C)[C@H]1COC(=O)N1c1ccc(C2(C(=O)N3CC[C@@]4(C3)OC(=O)c3ccccc34)CC2)cc1. The summed E-state index contributed by atoms with van der Waals surface area (Å²) in [5.74, 6) is 0.0692. The molecule has 1 spiro atoms. The molecule has 3 aliphatic heterocycles. The third-order valence-electron chi connectivity index (χ3n) is 7.98. The van der Waals surface area contributed by atoms with Crippen molar-refractivity contribution in [2.45, 2.75) is 50.2 Å². The van der Waals surface area contributed by atoms with Crippen molar-refractivity contribution in [3.8, 4) is 0 Å². The monoisotopic (exact) mass is 460 g/mol. The molecule has 2 aromatic rings. The summed E-state index contributed by atoms with van der Waals surface area (Å²) in [5, 5.41) is 0. The normalized spacial score (nSPS) is 26.7. The highest BCUT2D eigenvalue weighted by Gasteiger charge is 2.57. The van der Waals surface area contributed by atoms with Gasteiger partial charge in [0.05, 0.1) is 23.6 Å². The van der Waals surface area contributed by atoms with E-state index in [1.165, 1.54) is 0 Å². The fraction of sp³-hybridized carbons (Fsp3) is 0.444. The van der Waals surface area contributed by atoms with E-state index >= 15 is 0 Å². The number of carbonyl (C=O) groups is 3. The molecule has 0 N–H and O–H groups in total. The van der Waals surface area contributed by atoms with Gasteiger partial charge in [0.15, 0.2) is 5.60 Å². The molecular weight excluding hydrogens is 432 g/mol. The summed E-state index contributed by atoms with van der Waals surface area (Å²) >= 11 is 0. The Hall–Kier alpha value is -3.35. The van der Waals surface area contributed by atoms with Gasteiger partial charge in [-0.2, -0.15) is 0 Å². The molecule has 2 atom stereocenters. The molecule has 1 saturated carbocycles. The van der Waals surface area contributed by atoms with Gasteiger partial charge in [0.25, 0.3) is 0 Å². The lowest BCUT2D eigenvalue weighted by Crippen LogP contribution is -2.40. The van der Waals surface area contributed by atoms with Crippen molar-refractivity contribution in [3.63, 3.8) is 0 Å². The van der Waals surface area contributed by atoms with Crippen molar-refractivity contribution in [2.24, 2.45) is 5.92 Å². The number of rotatable bonds is 4. The minimum Gasteiger partial charge on any atom is -0.449 e. The standard InChI is InChI=1S/C27H28N2O5/c1-17(2)22-15-33-25(32)29(22)19-9-7-18(8-10-19)26(11-12-26)24(31)28-14-13-27(16-28)21-6-4-3-5-20(21)23(30)34-27/h3-10,17,22H,11-16H2,1-2H3/t22-,27+/m1/s1. The minimum absolute atomic E-state index is 0.00709. The number of esters is 1. The van der Waals surface area contributed by atoms with Crippen LogP contribution in [0.5, 0.6) is 0 Å². The molecule has 7 heteroatoms. The third-order valence-corrected chi connectivity index (χ3v) is 7.98. The molecule has 0 aromatic heterocycles. The van der Waals surface area contributed by atoms with Crippen LogP contribution in [0.4, 0.5) is 10.5 Å². The van der Waals surface area contributed by atoms with Crippen molar-refractivity contribution in [2.75, 3.05) is 24.6 Å². The van der Waals surface area contributed by atoms with Crippen LogP contribution in [0.3, 0.4) is 0 Å². The molecule has 34 heavy (non-hydrogen) atoms. The van der Waals surface area contributed by atoms with Crippen LogP contribution in [0.2, 0.25) is 0 Å². The fourth-order valence-electron chi connectivity index (χ4n) is 5.82. The third kappa shape index (κ3) is 2.99. The molecule has 2 aromatic carbocycles. The number of hydrogen-bond acceptors (Lipinski definition) is 5. The van der Waals surface area contributed by atoms with Crippen LogP contribution in [-0.2, 0) is 25.3 Å². The first-order chi connectivity index (χ1) is 16.3.